The quantitative estimate of drug-likeness (QED) is 0.769. The van der Waals surface area contributed by atoms with E-state index < -0.39 is 0 Å². The molecule has 1 aliphatic rings. The number of ether oxygens (including phenoxy) is 1. The van der Waals surface area contributed by atoms with Crippen LogP contribution in [0.1, 0.15) is 21.5 Å². The van der Waals surface area contributed by atoms with Gasteiger partial charge in [-0.05, 0) is 25.0 Å². The number of thiophene rings is 1. The van der Waals surface area contributed by atoms with E-state index in [9.17, 15) is 9.59 Å². The highest BCUT2D eigenvalue weighted by Crippen LogP contribution is 2.27. The lowest BCUT2D eigenvalue weighted by atomic mass is 9.99. The maximum atomic E-state index is 12.2. The molecule has 18 heavy (non-hydrogen) atoms. The SMILES string of the molecule is COC(=O)C1CN(C(=O)c2ccc(C)s2)CC1C. The predicted molar refractivity (Wildman–Crippen MR) is 69.6 cm³/mol. The van der Waals surface area contributed by atoms with Crippen molar-refractivity contribution >= 4 is 23.2 Å². The lowest BCUT2D eigenvalue weighted by molar-refractivity contribution is -0.145. The first kappa shape index (κ1) is 13.1. The van der Waals surface area contributed by atoms with Crippen LogP contribution in [0.5, 0.6) is 0 Å². The molecule has 1 fully saturated rings. The van der Waals surface area contributed by atoms with Crippen LogP contribution in [0, 0.1) is 18.8 Å². The average Bonchev–Trinajstić information content (AvgIpc) is 2.94. The van der Waals surface area contributed by atoms with Gasteiger partial charge in [0.1, 0.15) is 0 Å². The van der Waals surface area contributed by atoms with Gasteiger partial charge in [0.15, 0.2) is 0 Å². The Labute approximate surface area is 111 Å². The molecule has 1 aromatic rings. The topological polar surface area (TPSA) is 46.6 Å². The van der Waals surface area contributed by atoms with Crippen molar-refractivity contribution < 1.29 is 14.3 Å². The van der Waals surface area contributed by atoms with Gasteiger partial charge < -0.3 is 9.64 Å². The fraction of sp³-hybridized carbons (Fsp3) is 0.538. The second-order valence-corrected chi connectivity index (χ2v) is 6.02. The number of aryl methyl sites for hydroxylation is 1. The molecule has 1 aliphatic heterocycles. The van der Waals surface area contributed by atoms with Crippen LogP contribution in [0.2, 0.25) is 0 Å². The summed E-state index contributed by atoms with van der Waals surface area (Å²) in [6.07, 6.45) is 0. The summed E-state index contributed by atoms with van der Waals surface area (Å²) in [4.78, 5) is 27.4. The summed E-state index contributed by atoms with van der Waals surface area (Å²) in [5.41, 5.74) is 0. The van der Waals surface area contributed by atoms with Crippen LogP contribution in [0.25, 0.3) is 0 Å². The third-order valence-electron chi connectivity index (χ3n) is 3.35. The van der Waals surface area contributed by atoms with Crippen LogP contribution in [0.15, 0.2) is 12.1 Å². The third-order valence-corrected chi connectivity index (χ3v) is 4.34. The van der Waals surface area contributed by atoms with E-state index in [1.165, 1.54) is 18.4 Å². The van der Waals surface area contributed by atoms with E-state index in [0.29, 0.717) is 13.1 Å². The number of nitrogens with zero attached hydrogens (tertiary/aromatic N) is 1. The Balaban J connectivity index is 2.08. The van der Waals surface area contributed by atoms with Crippen molar-refractivity contribution in [2.24, 2.45) is 11.8 Å². The zero-order chi connectivity index (χ0) is 13.3. The molecule has 4 nitrogen and oxygen atoms in total. The van der Waals surface area contributed by atoms with E-state index in [2.05, 4.69) is 0 Å². The van der Waals surface area contributed by atoms with Gasteiger partial charge in [-0.2, -0.15) is 0 Å². The van der Waals surface area contributed by atoms with Gasteiger partial charge in [-0.1, -0.05) is 6.92 Å². The fourth-order valence-corrected chi connectivity index (χ4v) is 3.13. The molecule has 2 unspecified atom stereocenters. The summed E-state index contributed by atoms with van der Waals surface area (Å²) >= 11 is 1.49. The highest BCUT2D eigenvalue weighted by atomic mass is 32.1. The van der Waals surface area contributed by atoms with Crippen LogP contribution in [-0.4, -0.2) is 37.0 Å². The Bertz CT molecular complexity index is 469. The number of carbonyl (C=O) groups is 2. The van der Waals surface area contributed by atoms with E-state index in [-0.39, 0.29) is 23.7 Å². The molecule has 5 heteroatoms. The highest BCUT2D eigenvalue weighted by molar-refractivity contribution is 7.13. The third kappa shape index (κ3) is 2.41. The summed E-state index contributed by atoms with van der Waals surface area (Å²) in [5, 5.41) is 0. The van der Waals surface area contributed by atoms with Gasteiger partial charge in [0.25, 0.3) is 5.91 Å². The Hall–Kier alpha value is -1.36. The Kier molecular flexibility index (Phi) is 3.71. The van der Waals surface area contributed by atoms with Crippen LogP contribution in [-0.2, 0) is 9.53 Å². The summed E-state index contributed by atoms with van der Waals surface area (Å²) in [6, 6.07) is 3.79. The van der Waals surface area contributed by atoms with Crippen LogP contribution in [0.4, 0.5) is 0 Å². The first-order valence-electron chi connectivity index (χ1n) is 5.96. The van der Waals surface area contributed by atoms with Gasteiger partial charge in [-0.3, -0.25) is 9.59 Å². The van der Waals surface area contributed by atoms with Crippen molar-refractivity contribution in [3.05, 3.63) is 21.9 Å². The summed E-state index contributed by atoms with van der Waals surface area (Å²) < 4.78 is 4.77. The monoisotopic (exact) mass is 267 g/mol. The first-order valence-corrected chi connectivity index (χ1v) is 6.78. The van der Waals surface area contributed by atoms with Crippen molar-refractivity contribution in [1.29, 1.82) is 0 Å². The molecule has 2 heterocycles. The molecule has 1 saturated heterocycles. The van der Waals surface area contributed by atoms with Crippen molar-refractivity contribution in [3.8, 4) is 0 Å². The van der Waals surface area contributed by atoms with Crippen molar-refractivity contribution in [3.63, 3.8) is 0 Å². The summed E-state index contributed by atoms with van der Waals surface area (Å²) in [5.74, 6) is -0.242. The molecule has 0 aliphatic carbocycles. The minimum absolute atomic E-state index is 0.0198. The molecule has 2 rings (SSSR count). The van der Waals surface area contributed by atoms with E-state index in [4.69, 9.17) is 4.74 Å². The number of rotatable bonds is 2. The minimum Gasteiger partial charge on any atom is -0.469 e. The molecule has 1 aromatic heterocycles. The zero-order valence-corrected chi connectivity index (χ0v) is 11.6. The lowest BCUT2D eigenvalue weighted by Crippen LogP contribution is -2.29. The van der Waals surface area contributed by atoms with E-state index in [1.807, 2.05) is 26.0 Å². The summed E-state index contributed by atoms with van der Waals surface area (Å²) in [7, 11) is 1.39. The highest BCUT2D eigenvalue weighted by Gasteiger charge is 2.38. The maximum absolute atomic E-state index is 12.2. The van der Waals surface area contributed by atoms with Gasteiger partial charge in [0.05, 0.1) is 17.9 Å². The van der Waals surface area contributed by atoms with Gasteiger partial charge in [-0.25, -0.2) is 0 Å². The number of likely N-dealkylation sites (tertiary alicyclic amines) is 1. The van der Waals surface area contributed by atoms with Crippen molar-refractivity contribution in [1.82, 2.24) is 4.90 Å². The van der Waals surface area contributed by atoms with E-state index in [0.717, 1.165) is 9.75 Å². The van der Waals surface area contributed by atoms with Crippen molar-refractivity contribution in [2.75, 3.05) is 20.2 Å². The normalized spacial score (nSPS) is 23.2. The molecule has 0 N–H and O–H groups in total. The molecular formula is C13H17NO3S. The number of carbonyl (C=O) groups excluding carboxylic acids is 2. The van der Waals surface area contributed by atoms with E-state index >= 15 is 0 Å². The second-order valence-electron chi connectivity index (χ2n) is 4.73. The second kappa shape index (κ2) is 5.10. The molecule has 0 saturated carbocycles. The average molecular weight is 267 g/mol. The molecule has 2 atom stereocenters. The Morgan fingerprint density at radius 1 is 1.39 bits per heavy atom. The Morgan fingerprint density at radius 3 is 2.67 bits per heavy atom. The molecule has 0 bridgehead atoms. The largest absolute Gasteiger partial charge is 0.469 e. The number of hydrogen-bond acceptors (Lipinski definition) is 4. The number of methoxy groups -OCH3 is 1. The number of amides is 1. The van der Waals surface area contributed by atoms with Crippen LogP contribution >= 0.6 is 11.3 Å². The van der Waals surface area contributed by atoms with Crippen LogP contribution in [0.3, 0.4) is 0 Å². The first-order chi connectivity index (χ1) is 8.52. The van der Waals surface area contributed by atoms with Gasteiger partial charge in [0, 0.05) is 18.0 Å². The lowest BCUT2D eigenvalue weighted by Gasteiger charge is -2.14. The standard InChI is InChI=1S/C13H17NO3S/c1-8-6-14(7-10(8)13(16)17-3)12(15)11-5-4-9(2)18-11/h4-5,8,10H,6-7H2,1-3H3. The molecule has 0 spiro atoms. The van der Waals surface area contributed by atoms with Gasteiger partial charge in [-0.15, -0.1) is 11.3 Å². The molecule has 0 radical (unpaired) electrons. The van der Waals surface area contributed by atoms with Crippen molar-refractivity contribution in [2.45, 2.75) is 13.8 Å². The summed E-state index contributed by atoms with van der Waals surface area (Å²) in [6.45, 7) is 5.04. The molecule has 98 valence electrons. The fourth-order valence-electron chi connectivity index (χ4n) is 2.30. The molecule has 1 amide bonds. The zero-order valence-electron chi connectivity index (χ0n) is 10.8. The van der Waals surface area contributed by atoms with E-state index in [1.54, 1.807) is 4.90 Å². The molecular weight excluding hydrogens is 250 g/mol. The van der Waals surface area contributed by atoms with Gasteiger partial charge >= 0.3 is 5.97 Å². The minimum atomic E-state index is -0.222. The predicted octanol–water partition coefficient (Wildman–Crippen LogP) is 1.94. The Morgan fingerprint density at radius 2 is 2.11 bits per heavy atom. The van der Waals surface area contributed by atoms with Gasteiger partial charge in [0.2, 0.25) is 0 Å². The number of hydrogen-bond donors (Lipinski definition) is 0. The smallest absolute Gasteiger partial charge is 0.310 e. The molecule has 0 aromatic carbocycles. The number of esters is 1. The van der Waals surface area contributed by atoms with Crippen LogP contribution < -0.4 is 0 Å². The maximum Gasteiger partial charge on any atom is 0.310 e.